The second kappa shape index (κ2) is 11.0. The molecule has 1 N–H and O–H groups in total. The zero-order valence-corrected chi connectivity index (χ0v) is 27.6. The largest absolute Gasteiger partial charge is 0.508 e. The summed E-state index contributed by atoms with van der Waals surface area (Å²) in [4.78, 5) is 52.4. The summed E-state index contributed by atoms with van der Waals surface area (Å²) in [6.07, 6.45) is -8.18. The monoisotopic (exact) mass is 792 g/mol. The highest BCUT2D eigenvalue weighted by Gasteiger charge is 2.76. The number of phenolic OH excluding ortho intramolecular Hbond substituents is 1. The minimum atomic E-state index is -5.24. The number of imide groups is 2. The summed E-state index contributed by atoms with van der Waals surface area (Å²) in [6, 6.07) is 4.83. The Hall–Kier alpha value is -3.56. The van der Waals surface area contributed by atoms with E-state index in [0.717, 1.165) is 4.90 Å². The second-order valence-electron chi connectivity index (χ2n) is 12.5. The highest BCUT2D eigenvalue weighted by atomic mass is 79.9. The van der Waals surface area contributed by atoms with Crippen molar-refractivity contribution in [1.82, 2.24) is 4.90 Å². The molecule has 2 aromatic rings. The predicted molar refractivity (Wildman–Crippen MR) is 164 cm³/mol. The molecule has 0 unspecified atom stereocenters. The minimum Gasteiger partial charge on any atom is -0.508 e. The molecule has 7 rings (SSSR count). The van der Waals surface area contributed by atoms with Crippen molar-refractivity contribution in [1.29, 1.82) is 0 Å². The number of benzene rings is 2. The number of carbonyl (C=O) groups excluding carboxylic acids is 4. The van der Waals surface area contributed by atoms with Crippen LogP contribution in [0, 0.1) is 23.7 Å². The SMILES string of the molecule is O=C1[C@H]2[C@H](CC=C3[C@H](C4=COc5ccc(O)cc5C4)[C@]4(Cl)C(=O)N(CBr)C(=O)[C@]4(Cl)C[C@H]32)C(=O)N1c1cc(C(F)(F)F)cc(C(F)(F)F)c1. The molecule has 3 fully saturated rings. The van der Waals surface area contributed by atoms with Crippen LogP contribution in [0.1, 0.15) is 29.5 Å². The Morgan fingerprint density at radius 2 is 1.57 bits per heavy atom. The van der Waals surface area contributed by atoms with Gasteiger partial charge in [-0.05, 0) is 60.7 Å². The van der Waals surface area contributed by atoms with Crippen LogP contribution in [-0.2, 0) is 38.0 Å². The van der Waals surface area contributed by atoms with Gasteiger partial charge in [-0.2, -0.15) is 26.3 Å². The van der Waals surface area contributed by atoms with Gasteiger partial charge in [-0.1, -0.05) is 27.6 Å². The number of carbonyl (C=O) groups is 4. The van der Waals surface area contributed by atoms with E-state index in [1.165, 1.54) is 24.5 Å². The zero-order chi connectivity index (χ0) is 35.6. The van der Waals surface area contributed by atoms with Crippen molar-refractivity contribution in [3.8, 4) is 11.5 Å². The van der Waals surface area contributed by atoms with E-state index in [0.29, 0.717) is 39.5 Å². The number of aromatic hydroxyl groups is 1. The summed E-state index contributed by atoms with van der Waals surface area (Å²) >= 11 is 17.5. The molecule has 17 heteroatoms. The van der Waals surface area contributed by atoms with Crippen molar-refractivity contribution in [3.63, 3.8) is 0 Å². The Morgan fingerprint density at radius 1 is 0.918 bits per heavy atom. The molecule has 2 saturated heterocycles. The maximum atomic E-state index is 14.2. The molecule has 3 aliphatic heterocycles. The first-order valence-corrected chi connectivity index (χ1v) is 16.6. The molecule has 0 bridgehead atoms. The Balaban J connectivity index is 1.35. The fourth-order valence-electron chi connectivity index (χ4n) is 7.89. The van der Waals surface area contributed by atoms with Crippen LogP contribution in [0.15, 0.2) is 59.9 Å². The van der Waals surface area contributed by atoms with E-state index in [9.17, 15) is 50.6 Å². The number of anilines is 1. The molecular weight excluding hydrogens is 773 g/mol. The number of fused-ring (bicyclic) bond motifs is 5. The summed E-state index contributed by atoms with van der Waals surface area (Å²) in [5.74, 6) is -8.49. The molecule has 3 heterocycles. The number of allylic oxidation sites excluding steroid dienone is 3. The predicted octanol–water partition coefficient (Wildman–Crippen LogP) is 6.70. The van der Waals surface area contributed by atoms with Crippen LogP contribution in [0.3, 0.4) is 0 Å². The lowest BCUT2D eigenvalue weighted by Crippen LogP contribution is -2.61. The Morgan fingerprint density at radius 3 is 2.18 bits per heavy atom. The molecule has 6 atom stereocenters. The maximum absolute atomic E-state index is 14.2. The van der Waals surface area contributed by atoms with Gasteiger partial charge in [0.25, 0.3) is 11.8 Å². The molecule has 1 saturated carbocycles. The molecule has 2 aromatic carbocycles. The first kappa shape index (κ1) is 33.9. The van der Waals surface area contributed by atoms with Crippen LogP contribution in [0.4, 0.5) is 32.0 Å². The number of nitrogens with zero attached hydrogens (tertiary/aromatic N) is 2. The van der Waals surface area contributed by atoms with E-state index in [-0.39, 0.29) is 30.1 Å². The summed E-state index contributed by atoms with van der Waals surface area (Å²) in [5, 5.41) is 10.1. The smallest absolute Gasteiger partial charge is 0.416 e. The maximum Gasteiger partial charge on any atom is 0.416 e. The molecule has 0 radical (unpaired) electrons. The molecule has 258 valence electrons. The quantitative estimate of drug-likeness (QED) is 0.122. The van der Waals surface area contributed by atoms with Crippen LogP contribution in [-0.4, -0.2) is 48.8 Å². The summed E-state index contributed by atoms with van der Waals surface area (Å²) < 4.78 is 88.1. The van der Waals surface area contributed by atoms with Gasteiger partial charge in [0.1, 0.15) is 11.5 Å². The Bertz CT molecular complexity index is 1900. The van der Waals surface area contributed by atoms with Crippen LogP contribution >= 0.6 is 39.1 Å². The number of rotatable bonds is 3. The standard InChI is InChI=1S/C32H21BrCl2F6N2O6/c33-12-42-27(47)29(34)10-21-19(24(30(29,35)28(42)48)14-5-13-6-18(44)1-4-22(13)49-11-14)2-3-20-23(21)26(46)43(25(20)45)17-8-15(31(36,37)38)7-16(9-17)32(39,40)41/h1-2,4,6-9,11,20-21,23-24,44H,3,5,10,12H2/t20-,21+,23-,24-,29+,30-/m0/s1. The molecule has 2 aliphatic carbocycles. The summed E-state index contributed by atoms with van der Waals surface area (Å²) in [6.45, 7) is 0. The summed E-state index contributed by atoms with van der Waals surface area (Å²) in [5.41, 5.74) is -3.45. The third kappa shape index (κ3) is 4.78. The molecule has 0 aromatic heterocycles. The van der Waals surface area contributed by atoms with Gasteiger partial charge >= 0.3 is 12.4 Å². The number of amides is 4. The van der Waals surface area contributed by atoms with E-state index < -0.39 is 92.6 Å². The highest BCUT2D eigenvalue weighted by Crippen LogP contribution is 2.65. The van der Waals surface area contributed by atoms with Crippen LogP contribution in [0.2, 0.25) is 0 Å². The average molecular weight is 794 g/mol. The van der Waals surface area contributed by atoms with E-state index in [4.69, 9.17) is 27.9 Å². The third-order valence-electron chi connectivity index (χ3n) is 9.99. The first-order valence-electron chi connectivity index (χ1n) is 14.7. The van der Waals surface area contributed by atoms with Gasteiger partial charge < -0.3 is 9.84 Å². The summed E-state index contributed by atoms with van der Waals surface area (Å²) in [7, 11) is 0. The zero-order valence-electron chi connectivity index (χ0n) is 24.5. The highest BCUT2D eigenvalue weighted by molar-refractivity contribution is 9.09. The number of alkyl halides is 9. The van der Waals surface area contributed by atoms with Gasteiger partial charge in [-0.25, -0.2) is 4.90 Å². The normalized spacial score (nSPS) is 31.1. The lowest BCUT2D eigenvalue weighted by Gasteiger charge is -2.51. The number of halogens is 9. The van der Waals surface area contributed by atoms with Gasteiger partial charge in [0.2, 0.25) is 11.8 Å². The molecule has 4 amide bonds. The molecule has 49 heavy (non-hydrogen) atoms. The number of likely N-dealkylation sites (tertiary alicyclic amines) is 1. The van der Waals surface area contributed by atoms with E-state index >= 15 is 0 Å². The van der Waals surface area contributed by atoms with Crippen molar-refractivity contribution in [2.75, 3.05) is 10.4 Å². The first-order chi connectivity index (χ1) is 22.8. The van der Waals surface area contributed by atoms with Crippen molar-refractivity contribution in [2.45, 2.75) is 41.4 Å². The van der Waals surface area contributed by atoms with E-state index in [1.807, 2.05) is 0 Å². The van der Waals surface area contributed by atoms with Gasteiger partial charge in [-0.3, -0.25) is 24.1 Å². The van der Waals surface area contributed by atoms with E-state index in [1.54, 1.807) is 6.08 Å². The molecule has 0 spiro atoms. The number of hydrogen-bond acceptors (Lipinski definition) is 6. The Kier molecular flexibility index (Phi) is 7.59. The van der Waals surface area contributed by atoms with Gasteiger partial charge in [-0.15, -0.1) is 23.2 Å². The van der Waals surface area contributed by atoms with Crippen LogP contribution < -0.4 is 9.64 Å². The fourth-order valence-corrected chi connectivity index (χ4v) is 9.33. The van der Waals surface area contributed by atoms with Crippen molar-refractivity contribution in [3.05, 3.63) is 76.6 Å². The lowest BCUT2D eigenvalue weighted by atomic mass is 9.56. The fraction of sp³-hybridized carbons (Fsp3) is 0.375. The number of phenols is 1. The van der Waals surface area contributed by atoms with Gasteiger partial charge in [0, 0.05) is 17.9 Å². The molecule has 8 nitrogen and oxygen atoms in total. The van der Waals surface area contributed by atoms with Gasteiger partial charge in [0.05, 0.1) is 40.4 Å². The molecular formula is C32H21BrCl2F6N2O6. The van der Waals surface area contributed by atoms with Gasteiger partial charge in [0.15, 0.2) is 9.75 Å². The van der Waals surface area contributed by atoms with Crippen molar-refractivity contribution >= 4 is 68.4 Å². The lowest BCUT2D eigenvalue weighted by molar-refractivity contribution is -0.143. The van der Waals surface area contributed by atoms with E-state index in [2.05, 4.69) is 15.9 Å². The number of hydrogen-bond donors (Lipinski definition) is 1. The van der Waals surface area contributed by atoms with Crippen molar-refractivity contribution in [2.24, 2.45) is 23.7 Å². The minimum absolute atomic E-state index is 0.0488. The molecule has 5 aliphatic rings. The average Bonchev–Trinajstić information content (AvgIpc) is 3.37. The number of ether oxygens (including phenoxy) is 1. The second-order valence-corrected chi connectivity index (χ2v) is 14.3. The topological polar surface area (TPSA) is 104 Å². The van der Waals surface area contributed by atoms with Crippen molar-refractivity contribution < 1.29 is 55.4 Å². The third-order valence-corrected chi connectivity index (χ3v) is 11.9. The van der Waals surface area contributed by atoms with Crippen LogP contribution in [0.25, 0.3) is 0 Å². The van der Waals surface area contributed by atoms with Crippen LogP contribution in [0.5, 0.6) is 11.5 Å². The Labute approximate surface area is 291 Å².